The smallest absolute Gasteiger partial charge is 0.161 e. The fourth-order valence-corrected chi connectivity index (χ4v) is 1.93. The van der Waals surface area contributed by atoms with Gasteiger partial charge < -0.3 is 14.8 Å². The molecule has 1 N–H and O–H groups in total. The normalized spacial score (nSPS) is 10.3. The molecule has 0 atom stereocenters. The van der Waals surface area contributed by atoms with E-state index < -0.39 is 0 Å². The van der Waals surface area contributed by atoms with Gasteiger partial charge in [0.15, 0.2) is 11.5 Å². The van der Waals surface area contributed by atoms with E-state index in [1.165, 1.54) is 0 Å². The minimum atomic E-state index is 0.706. The van der Waals surface area contributed by atoms with Crippen LogP contribution in [0.4, 0.5) is 0 Å². The van der Waals surface area contributed by atoms with Gasteiger partial charge in [-0.3, -0.25) is 0 Å². The molecule has 0 amide bonds. The van der Waals surface area contributed by atoms with Crippen molar-refractivity contribution >= 4 is 0 Å². The zero-order chi connectivity index (χ0) is 14.4. The van der Waals surface area contributed by atoms with E-state index in [0.29, 0.717) is 6.54 Å². The Kier molecular flexibility index (Phi) is 4.90. The van der Waals surface area contributed by atoms with Crippen LogP contribution >= 0.6 is 0 Å². The predicted octanol–water partition coefficient (Wildman–Crippen LogP) is 2.09. The lowest BCUT2D eigenvalue weighted by Gasteiger charge is -2.10. The van der Waals surface area contributed by atoms with Crippen molar-refractivity contribution < 1.29 is 9.47 Å². The number of hydrogen-bond acceptors (Lipinski definition) is 5. The summed E-state index contributed by atoms with van der Waals surface area (Å²) >= 11 is 0. The van der Waals surface area contributed by atoms with Crippen LogP contribution in [0.1, 0.15) is 17.1 Å². The molecular weight excluding hydrogens is 254 g/mol. The van der Waals surface area contributed by atoms with Crippen LogP contribution in [0.2, 0.25) is 0 Å². The maximum absolute atomic E-state index is 5.28. The molecule has 5 heteroatoms. The first-order chi connectivity index (χ1) is 9.72. The lowest BCUT2D eigenvalue weighted by Crippen LogP contribution is -2.14. The third-order valence-corrected chi connectivity index (χ3v) is 2.92. The SMILES string of the molecule is COc1ccc(CNCc2ccnc(C)n2)cc1OC. The molecule has 2 rings (SSSR count). The van der Waals surface area contributed by atoms with Gasteiger partial charge in [-0.1, -0.05) is 6.07 Å². The lowest BCUT2D eigenvalue weighted by molar-refractivity contribution is 0.354. The molecule has 0 aliphatic heterocycles. The van der Waals surface area contributed by atoms with E-state index in [0.717, 1.165) is 35.1 Å². The maximum atomic E-state index is 5.28. The molecule has 0 radical (unpaired) electrons. The Morgan fingerprint density at radius 1 is 1.05 bits per heavy atom. The van der Waals surface area contributed by atoms with Gasteiger partial charge in [0.1, 0.15) is 5.82 Å². The number of aryl methyl sites for hydroxylation is 1. The highest BCUT2D eigenvalue weighted by Crippen LogP contribution is 2.27. The van der Waals surface area contributed by atoms with Gasteiger partial charge in [0.25, 0.3) is 0 Å². The number of methoxy groups -OCH3 is 2. The number of hydrogen-bond donors (Lipinski definition) is 1. The van der Waals surface area contributed by atoms with Gasteiger partial charge in [-0.2, -0.15) is 0 Å². The van der Waals surface area contributed by atoms with Crippen molar-refractivity contribution in [2.24, 2.45) is 0 Å². The highest BCUT2D eigenvalue weighted by Gasteiger charge is 2.04. The van der Waals surface area contributed by atoms with E-state index in [1.54, 1.807) is 20.4 Å². The quantitative estimate of drug-likeness (QED) is 0.873. The number of nitrogens with zero attached hydrogens (tertiary/aromatic N) is 2. The molecular formula is C15H19N3O2. The number of rotatable bonds is 6. The van der Waals surface area contributed by atoms with Crippen molar-refractivity contribution in [1.29, 1.82) is 0 Å². The Hall–Kier alpha value is -2.14. The van der Waals surface area contributed by atoms with Crippen LogP contribution in [0.3, 0.4) is 0 Å². The third-order valence-electron chi connectivity index (χ3n) is 2.92. The molecule has 2 aromatic rings. The largest absolute Gasteiger partial charge is 0.493 e. The summed E-state index contributed by atoms with van der Waals surface area (Å²) in [7, 11) is 3.27. The summed E-state index contributed by atoms with van der Waals surface area (Å²) in [5, 5.41) is 3.35. The average Bonchev–Trinajstić information content (AvgIpc) is 2.47. The monoisotopic (exact) mass is 273 g/mol. The fraction of sp³-hybridized carbons (Fsp3) is 0.333. The number of aromatic nitrogens is 2. The lowest BCUT2D eigenvalue weighted by atomic mass is 10.2. The molecule has 1 aromatic heterocycles. The predicted molar refractivity (Wildman–Crippen MR) is 76.9 cm³/mol. The fourth-order valence-electron chi connectivity index (χ4n) is 1.93. The number of nitrogens with one attached hydrogen (secondary N) is 1. The molecule has 0 saturated heterocycles. The second-order valence-electron chi connectivity index (χ2n) is 4.39. The van der Waals surface area contributed by atoms with Gasteiger partial charge in [0.2, 0.25) is 0 Å². The third kappa shape index (κ3) is 3.68. The van der Waals surface area contributed by atoms with Gasteiger partial charge in [-0.25, -0.2) is 9.97 Å². The number of ether oxygens (including phenoxy) is 2. The highest BCUT2D eigenvalue weighted by atomic mass is 16.5. The van der Waals surface area contributed by atoms with Gasteiger partial charge in [-0.15, -0.1) is 0 Å². The van der Waals surface area contributed by atoms with Crippen molar-refractivity contribution in [3.05, 3.63) is 47.5 Å². The summed E-state index contributed by atoms with van der Waals surface area (Å²) in [6, 6.07) is 7.80. The highest BCUT2D eigenvalue weighted by molar-refractivity contribution is 5.42. The molecule has 0 fully saturated rings. The molecule has 0 spiro atoms. The van der Waals surface area contributed by atoms with E-state index in [2.05, 4.69) is 15.3 Å². The molecule has 0 saturated carbocycles. The van der Waals surface area contributed by atoms with Gasteiger partial charge >= 0.3 is 0 Å². The van der Waals surface area contributed by atoms with Crippen LogP contribution in [-0.2, 0) is 13.1 Å². The molecule has 0 aliphatic carbocycles. The zero-order valence-electron chi connectivity index (χ0n) is 12.0. The summed E-state index contributed by atoms with van der Waals surface area (Å²) in [4.78, 5) is 8.43. The summed E-state index contributed by atoms with van der Waals surface area (Å²) in [5.41, 5.74) is 2.12. The maximum Gasteiger partial charge on any atom is 0.161 e. The van der Waals surface area contributed by atoms with Crippen LogP contribution in [0, 0.1) is 6.92 Å². The molecule has 106 valence electrons. The number of benzene rings is 1. The topological polar surface area (TPSA) is 56.3 Å². The molecule has 0 aliphatic rings. The standard InChI is InChI=1S/C15H19N3O2/c1-11-17-7-6-13(18-11)10-16-9-12-4-5-14(19-2)15(8-12)20-3/h4-8,16H,9-10H2,1-3H3. The van der Waals surface area contributed by atoms with Crippen LogP contribution in [0.15, 0.2) is 30.5 Å². The van der Waals surface area contributed by atoms with Crippen molar-refractivity contribution in [1.82, 2.24) is 15.3 Å². The zero-order valence-corrected chi connectivity index (χ0v) is 12.0. The first-order valence-corrected chi connectivity index (χ1v) is 6.43. The van der Waals surface area contributed by atoms with Crippen molar-refractivity contribution in [2.45, 2.75) is 20.0 Å². The second-order valence-corrected chi connectivity index (χ2v) is 4.39. The van der Waals surface area contributed by atoms with Crippen LogP contribution in [0.5, 0.6) is 11.5 Å². The minimum absolute atomic E-state index is 0.706. The molecule has 0 unspecified atom stereocenters. The Bertz CT molecular complexity index is 573. The molecule has 5 nitrogen and oxygen atoms in total. The van der Waals surface area contributed by atoms with E-state index in [4.69, 9.17) is 9.47 Å². The Morgan fingerprint density at radius 3 is 2.55 bits per heavy atom. The van der Waals surface area contributed by atoms with E-state index >= 15 is 0 Å². The van der Waals surface area contributed by atoms with E-state index in [9.17, 15) is 0 Å². The Balaban J connectivity index is 1.94. The van der Waals surface area contributed by atoms with Gasteiger partial charge in [0.05, 0.1) is 19.9 Å². The summed E-state index contributed by atoms with van der Waals surface area (Å²) in [6.07, 6.45) is 1.77. The van der Waals surface area contributed by atoms with Crippen molar-refractivity contribution in [3.8, 4) is 11.5 Å². The Labute approximate surface area is 119 Å². The van der Waals surface area contributed by atoms with Crippen LogP contribution in [-0.4, -0.2) is 24.2 Å². The summed E-state index contributed by atoms with van der Waals surface area (Å²) in [5.74, 6) is 2.27. The second kappa shape index (κ2) is 6.86. The first kappa shape index (κ1) is 14.3. The van der Waals surface area contributed by atoms with Crippen molar-refractivity contribution in [2.75, 3.05) is 14.2 Å². The van der Waals surface area contributed by atoms with Crippen LogP contribution in [0.25, 0.3) is 0 Å². The average molecular weight is 273 g/mol. The molecule has 1 heterocycles. The minimum Gasteiger partial charge on any atom is -0.493 e. The van der Waals surface area contributed by atoms with E-state index in [-0.39, 0.29) is 0 Å². The van der Waals surface area contributed by atoms with Crippen LogP contribution < -0.4 is 14.8 Å². The molecule has 20 heavy (non-hydrogen) atoms. The first-order valence-electron chi connectivity index (χ1n) is 6.43. The Morgan fingerprint density at radius 2 is 1.85 bits per heavy atom. The van der Waals surface area contributed by atoms with Gasteiger partial charge in [-0.05, 0) is 30.7 Å². The summed E-state index contributed by atoms with van der Waals surface area (Å²) in [6.45, 7) is 3.33. The van der Waals surface area contributed by atoms with Crippen molar-refractivity contribution in [3.63, 3.8) is 0 Å². The molecule has 1 aromatic carbocycles. The van der Waals surface area contributed by atoms with Gasteiger partial charge in [0, 0.05) is 19.3 Å². The molecule has 0 bridgehead atoms. The van der Waals surface area contributed by atoms with E-state index in [1.807, 2.05) is 31.2 Å². The summed E-state index contributed by atoms with van der Waals surface area (Å²) < 4.78 is 10.5.